The first-order valence-corrected chi connectivity index (χ1v) is 8.90. The van der Waals surface area contributed by atoms with Gasteiger partial charge >= 0.3 is 0 Å². The fourth-order valence-electron chi connectivity index (χ4n) is 3.18. The summed E-state index contributed by atoms with van der Waals surface area (Å²) in [5, 5.41) is 29.6. The van der Waals surface area contributed by atoms with Crippen LogP contribution in [0.1, 0.15) is 11.8 Å². The minimum absolute atomic E-state index is 0.0456. The lowest BCUT2D eigenvalue weighted by Gasteiger charge is -2.16. The number of anilines is 1. The highest BCUT2D eigenvalue weighted by Gasteiger charge is 2.44. The van der Waals surface area contributed by atoms with E-state index >= 15 is 0 Å². The number of aromatic nitrogens is 4. The van der Waals surface area contributed by atoms with Gasteiger partial charge in [0.25, 0.3) is 0 Å². The van der Waals surface area contributed by atoms with Gasteiger partial charge in [-0.2, -0.15) is 9.97 Å². The molecule has 5 N–H and O–H groups in total. The first kappa shape index (κ1) is 19.3. The van der Waals surface area contributed by atoms with Gasteiger partial charge in [0, 0.05) is 0 Å². The van der Waals surface area contributed by atoms with Crippen LogP contribution in [0.3, 0.4) is 0 Å². The van der Waals surface area contributed by atoms with Crippen LogP contribution < -0.4 is 15.2 Å². The third-order valence-corrected chi connectivity index (χ3v) is 4.73. The standard InChI is InChI=1S/C18H21N5O6/c1-27-10-4-2-9(3-5-10)7-28-16-12-15(21-18(19)22-16)23(8-20-12)17-14(26)13(25)11(6-24)29-17/h2-5,8,11,13-14,17,24-26H,6-7H2,1H3,(H2,19,21,22)/t11-,13-,14-,17-/m1/s1. The first-order chi connectivity index (χ1) is 14.0. The zero-order valence-electron chi connectivity index (χ0n) is 15.5. The maximum atomic E-state index is 10.3. The van der Waals surface area contributed by atoms with Gasteiger partial charge in [-0.1, -0.05) is 12.1 Å². The lowest BCUT2D eigenvalue weighted by Crippen LogP contribution is -2.33. The Balaban J connectivity index is 1.61. The number of rotatable bonds is 6. The molecule has 3 heterocycles. The predicted octanol–water partition coefficient (Wildman–Crippen LogP) is -0.392. The summed E-state index contributed by atoms with van der Waals surface area (Å²) in [7, 11) is 1.59. The van der Waals surface area contributed by atoms with Gasteiger partial charge in [0.15, 0.2) is 17.4 Å². The molecule has 1 aliphatic rings. The summed E-state index contributed by atoms with van der Waals surface area (Å²) in [4.78, 5) is 12.5. The highest BCUT2D eigenvalue weighted by atomic mass is 16.6. The smallest absolute Gasteiger partial charge is 0.247 e. The van der Waals surface area contributed by atoms with Gasteiger partial charge in [-0.05, 0) is 17.7 Å². The summed E-state index contributed by atoms with van der Waals surface area (Å²) in [5.41, 5.74) is 7.31. The molecule has 0 saturated carbocycles. The van der Waals surface area contributed by atoms with Crippen LogP contribution in [0.2, 0.25) is 0 Å². The molecule has 0 bridgehead atoms. The Morgan fingerprint density at radius 2 is 1.93 bits per heavy atom. The van der Waals surface area contributed by atoms with Crippen molar-refractivity contribution in [2.45, 2.75) is 31.1 Å². The molecule has 29 heavy (non-hydrogen) atoms. The van der Waals surface area contributed by atoms with Gasteiger partial charge in [0.2, 0.25) is 11.8 Å². The molecular formula is C18H21N5O6. The van der Waals surface area contributed by atoms with E-state index in [4.69, 9.17) is 19.9 Å². The number of hydrogen-bond acceptors (Lipinski definition) is 10. The molecule has 0 unspecified atom stereocenters. The van der Waals surface area contributed by atoms with Crippen LogP contribution in [0.5, 0.6) is 11.6 Å². The van der Waals surface area contributed by atoms with E-state index in [1.807, 2.05) is 24.3 Å². The van der Waals surface area contributed by atoms with Gasteiger partial charge < -0.3 is 35.3 Å². The minimum Gasteiger partial charge on any atom is -0.497 e. The highest BCUT2D eigenvalue weighted by molar-refractivity contribution is 5.77. The van der Waals surface area contributed by atoms with Crippen molar-refractivity contribution >= 4 is 17.1 Å². The fourth-order valence-corrected chi connectivity index (χ4v) is 3.18. The van der Waals surface area contributed by atoms with Crippen molar-refractivity contribution < 1.29 is 29.5 Å². The minimum atomic E-state index is -1.27. The van der Waals surface area contributed by atoms with Crippen LogP contribution in [0.25, 0.3) is 11.2 Å². The average Bonchev–Trinajstić information content (AvgIpc) is 3.27. The number of aliphatic hydroxyl groups excluding tert-OH is 3. The van der Waals surface area contributed by atoms with Crippen LogP contribution in [0.15, 0.2) is 30.6 Å². The molecule has 4 atom stereocenters. The van der Waals surface area contributed by atoms with Gasteiger partial charge in [-0.15, -0.1) is 0 Å². The van der Waals surface area contributed by atoms with Crippen molar-refractivity contribution in [2.75, 3.05) is 19.5 Å². The van der Waals surface area contributed by atoms with Crippen molar-refractivity contribution in [1.82, 2.24) is 19.5 Å². The molecule has 0 radical (unpaired) electrons. The second-order valence-corrected chi connectivity index (χ2v) is 6.58. The topological polar surface area (TPSA) is 158 Å². The highest BCUT2D eigenvalue weighted by Crippen LogP contribution is 2.33. The number of aliphatic hydroxyl groups is 3. The third kappa shape index (κ3) is 3.56. The molecule has 0 amide bonds. The molecule has 3 aromatic rings. The molecule has 0 spiro atoms. The zero-order valence-corrected chi connectivity index (χ0v) is 15.5. The Hall–Kier alpha value is -2.99. The quantitative estimate of drug-likeness (QED) is 0.427. The lowest BCUT2D eigenvalue weighted by molar-refractivity contribution is -0.0511. The first-order valence-electron chi connectivity index (χ1n) is 8.90. The Morgan fingerprint density at radius 1 is 1.17 bits per heavy atom. The number of nitrogen functional groups attached to an aromatic ring is 1. The largest absolute Gasteiger partial charge is 0.497 e. The fraction of sp³-hybridized carbons (Fsp3) is 0.389. The van der Waals surface area contributed by atoms with E-state index in [0.717, 1.165) is 11.3 Å². The zero-order chi connectivity index (χ0) is 20.5. The second-order valence-electron chi connectivity index (χ2n) is 6.58. The van der Waals surface area contributed by atoms with E-state index in [2.05, 4.69) is 15.0 Å². The van der Waals surface area contributed by atoms with E-state index in [1.54, 1.807) is 7.11 Å². The van der Waals surface area contributed by atoms with Crippen molar-refractivity contribution in [3.8, 4) is 11.6 Å². The number of imidazole rings is 1. The molecule has 1 aliphatic heterocycles. The summed E-state index contributed by atoms with van der Waals surface area (Å²) in [6.07, 6.45) is -3.04. The normalized spacial score (nSPS) is 24.1. The Kier molecular flexibility index (Phi) is 5.20. The number of ether oxygens (including phenoxy) is 3. The maximum Gasteiger partial charge on any atom is 0.247 e. The van der Waals surface area contributed by atoms with Crippen molar-refractivity contribution in [3.63, 3.8) is 0 Å². The van der Waals surface area contributed by atoms with E-state index in [1.165, 1.54) is 10.9 Å². The number of methoxy groups -OCH3 is 1. The van der Waals surface area contributed by atoms with E-state index in [0.29, 0.717) is 5.52 Å². The summed E-state index contributed by atoms with van der Waals surface area (Å²) < 4.78 is 17.9. The molecule has 1 aromatic carbocycles. The maximum absolute atomic E-state index is 10.3. The Morgan fingerprint density at radius 3 is 2.59 bits per heavy atom. The second kappa shape index (κ2) is 7.79. The molecule has 2 aromatic heterocycles. The number of nitrogens with two attached hydrogens (primary N) is 1. The molecule has 4 rings (SSSR count). The molecule has 0 aliphatic carbocycles. The molecule has 154 valence electrons. The van der Waals surface area contributed by atoms with E-state index < -0.39 is 31.1 Å². The molecule has 11 heteroatoms. The summed E-state index contributed by atoms with van der Waals surface area (Å²) in [5.74, 6) is 0.865. The van der Waals surface area contributed by atoms with Crippen LogP contribution in [-0.2, 0) is 11.3 Å². The van der Waals surface area contributed by atoms with Crippen molar-refractivity contribution in [1.29, 1.82) is 0 Å². The lowest BCUT2D eigenvalue weighted by atomic mass is 10.1. The Labute approximate surface area is 165 Å². The van der Waals surface area contributed by atoms with E-state index in [-0.39, 0.29) is 24.1 Å². The monoisotopic (exact) mass is 403 g/mol. The SMILES string of the molecule is COc1ccc(COc2nc(N)nc3c2ncn3[C@@H]2O[C@H](CO)[C@@H](O)[C@H]2O)cc1. The molecule has 1 saturated heterocycles. The number of fused-ring (bicyclic) bond motifs is 1. The van der Waals surface area contributed by atoms with Gasteiger partial charge in [0.05, 0.1) is 20.0 Å². The predicted molar refractivity (Wildman–Crippen MR) is 100 cm³/mol. The van der Waals surface area contributed by atoms with Gasteiger partial charge in [-0.3, -0.25) is 4.57 Å². The van der Waals surface area contributed by atoms with E-state index in [9.17, 15) is 15.3 Å². The molecule has 1 fully saturated rings. The Bertz CT molecular complexity index is 994. The van der Waals surface area contributed by atoms with Crippen LogP contribution in [0.4, 0.5) is 5.95 Å². The summed E-state index contributed by atoms with van der Waals surface area (Å²) in [6, 6.07) is 7.36. The van der Waals surface area contributed by atoms with Crippen molar-refractivity contribution in [3.05, 3.63) is 36.2 Å². The average molecular weight is 403 g/mol. The summed E-state index contributed by atoms with van der Waals surface area (Å²) in [6.45, 7) is -0.217. The van der Waals surface area contributed by atoms with Crippen LogP contribution in [-0.4, -0.2) is 66.9 Å². The van der Waals surface area contributed by atoms with Gasteiger partial charge in [0.1, 0.15) is 30.7 Å². The molecular weight excluding hydrogens is 382 g/mol. The number of hydrogen-bond donors (Lipinski definition) is 4. The van der Waals surface area contributed by atoms with Crippen molar-refractivity contribution in [2.24, 2.45) is 0 Å². The summed E-state index contributed by atoms with van der Waals surface area (Å²) >= 11 is 0. The van der Waals surface area contributed by atoms with Gasteiger partial charge in [-0.25, -0.2) is 4.98 Å². The number of nitrogens with zero attached hydrogens (tertiary/aromatic N) is 4. The molecule has 11 nitrogen and oxygen atoms in total. The van der Waals surface area contributed by atoms with Crippen LogP contribution in [0, 0.1) is 0 Å². The number of benzene rings is 1. The third-order valence-electron chi connectivity index (χ3n) is 4.73. The van der Waals surface area contributed by atoms with Crippen LogP contribution >= 0.6 is 0 Å².